The van der Waals surface area contributed by atoms with Crippen LogP contribution in [0.1, 0.15) is 18.2 Å². The molecule has 9 heteroatoms. The van der Waals surface area contributed by atoms with Gasteiger partial charge in [-0.25, -0.2) is 4.98 Å². The summed E-state index contributed by atoms with van der Waals surface area (Å²) >= 11 is 0. The zero-order valence-electron chi connectivity index (χ0n) is 21.5. The number of rotatable bonds is 4. The van der Waals surface area contributed by atoms with Crippen LogP contribution in [0.2, 0.25) is 0 Å². The summed E-state index contributed by atoms with van der Waals surface area (Å²) in [5, 5.41) is 10.0. The SMILES string of the molecule is CCc1cc2cccc(-c3cncc(N(C)C)c3)c2c(=O)n1-c1ccccc1.N#Cc1cnc(N)nc1N. The fourth-order valence-corrected chi connectivity index (χ4v) is 4.09. The summed E-state index contributed by atoms with van der Waals surface area (Å²) in [6.07, 6.45) is 5.72. The zero-order valence-corrected chi connectivity index (χ0v) is 21.5. The maximum absolute atomic E-state index is 13.7. The van der Waals surface area contributed by atoms with Crippen molar-refractivity contribution in [1.82, 2.24) is 19.5 Å². The van der Waals surface area contributed by atoms with Crippen LogP contribution in [-0.2, 0) is 6.42 Å². The van der Waals surface area contributed by atoms with Crippen molar-refractivity contribution in [3.63, 3.8) is 0 Å². The number of pyridine rings is 2. The van der Waals surface area contributed by atoms with Crippen LogP contribution < -0.4 is 21.9 Å². The van der Waals surface area contributed by atoms with Crippen LogP contribution in [0.3, 0.4) is 0 Å². The van der Waals surface area contributed by atoms with Crippen molar-refractivity contribution < 1.29 is 0 Å². The Morgan fingerprint density at radius 3 is 2.42 bits per heavy atom. The maximum atomic E-state index is 13.7. The molecule has 0 unspecified atom stereocenters. The third kappa shape index (κ3) is 5.29. The smallest absolute Gasteiger partial charge is 0.263 e. The fraction of sp³-hybridized carbons (Fsp3) is 0.138. The van der Waals surface area contributed by atoms with E-state index in [1.807, 2.05) is 90.6 Å². The normalized spacial score (nSPS) is 10.4. The van der Waals surface area contributed by atoms with Gasteiger partial charge in [-0.15, -0.1) is 0 Å². The molecule has 0 aliphatic rings. The summed E-state index contributed by atoms with van der Waals surface area (Å²) in [6.45, 7) is 2.08. The Kier molecular flexibility index (Phi) is 7.63. The third-order valence-electron chi connectivity index (χ3n) is 6.01. The van der Waals surface area contributed by atoms with E-state index >= 15 is 0 Å². The van der Waals surface area contributed by atoms with E-state index in [0.717, 1.165) is 45.4 Å². The summed E-state index contributed by atoms with van der Waals surface area (Å²) in [5.74, 6) is 0.200. The van der Waals surface area contributed by atoms with Gasteiger partial charge in [-0.1, -0.05) is 43.3 Å². The number of anilines is 3. The molecule has 0 saturated heterocycles. The molecule has 0 radical (unpaired) electrons. The highest BCUT2D eigenvalue weighted by Crippen LogP contribution is 2.29. The van der Waals surface area contributed by atoms with Crippen molar-refractivity contribution in [3.05, 3.63) is 101 Å². The second-order valence-corrected chi connectivity index (χ2v) is 8.70. The molecule has 0 aliphatic carbocycles. The predicted octanol–water partition coefficient (Wildman–Crippen LogP) is 4.19. The number of aryl methyl sites for hydroxylation is 1. The highest BCUT2D eigenvalue weighted by Gasteiger charge is 2.14. The van der Waals surface area contributed by atoms with E-state index in [1.165, 1.54) is 6.20 Å². The Labute approximate surface area is 220 Å². The number of aromatic nitrogens is 4. The molecule has 0 saturated carbocycles. The molecule has 0 fully saturated rings. The van der Waals surface area contributed by atoms with Crippen LogP contribution >= 0.6 is 0 Å². The predicted molar refractivity (Wildman–Crippen MR) is 152 cm³/mol. The standard InChI is InChI=1S/C24H23N3O.C5H5N5/c1-4-19-13-17-9-8-12-22(18-14-21(26(2)3)16-25-15-18)23(17)24(28)27(19)20-10-6-5-7-11-20;6-1-3-2-9-5(8)10-4(3)7/h5-16H,4H2,1-3H3;2H,(H4,7,8,9,10). The monoisotopic (exact) mass is 504 g/mol. The molecule has 4 N–H and O–H groups in total. The van der Waals surface area contributed by atoms with E-state index in [1.54, 1.807) is 0 Å². The summed E-state index contributed by atoms with van der Waals surface area (Å²) in [5.41, 5.74) is 15.4. The number of nitrogen functional groups attached to an aromatic ring is 2. The van der Waals surface area contributed by atoms with Gasteiger partial charge in [0.25, 0.3) is 5.56 Å². The Morgan fingerprint density at radius 2 is 1.76 bits per heavy atom. The molecular formula is C29H28N8O. The first-order valence-electron chi connectivity index (χ1n) is 12.0. The van der Waals surface area contributed by atoms with Gasteiger partial charge in [0.2, 0.25) is 5.95 Å². The molecule has 2 aromatic carbocycles. The lowest BCUT2D eigenvalue weighted by molar-refractivity contribution is 0.889. The Morgan fingerprint density at radius 1 is 1.00 bits per heavy atom. The average molecular weight is 505 g/mol. The van der Waals surface area contributed by atoms with Crippen molar-refractivity contribution in [2.75, 3.05) is 30.5 Å². The average Bonchev–Trinajstić information content (AvgIpc) is 2.93. The highest BCUT2D eigenvalue weighted by molar-refractivity contribution is 5.96. The number of nitrogens with zero attached hydrogens (tertiary/aromatic N) is 6. The first kappa shape index (κ1) is 25.9. The third-order valence-corrected chi connectivity index (χ3v) is 6.01. The van der Waals surface area contributed by atoms with Crippen LogP contribution in [0.5, 0.6) is 0 Å². The number of nitrogens with two attached hydrogens (primary N) is 2. The Hall–Kier alpha value is -5.23. The van der Waals surface area contributed by atoms with Gasteiger partial charge in [0.05, 0.1) is 23.5 Å². The molecule has 5 aromatic rings. The minimum absolute atomic E-state index is 0.00593. The van der Waals surface area contributed by atoms with Gasteiger partial charge < -0.3 is 16.4 Å². The molecule has 0 aliphatic heterocycles. The van der Waals surface area contributed by atoms with Crippen LogP contribution in [0.4, 0.5) is 17.5 Å². The summed E-state index contributed by atoms with van der Waals surface area (Å²) < 4.78 is 1.83. The number of hydrogen-bond donors (Lipinski definition) is 2. The molecule has 5 rings (SSSR count). The molecule has 0 spiro atoms. The first-order valence-corrected chi connectivity index (χ1v) is 12.0. The van der Waals surface area contributed by atoms with E-state index in [4.69, 9.17) is 16.7 Å². The summed E-state index contributed by atoms with van der Waals surface area (Å²) in [4.78, 5) is 27.2. The van der Waals surface area contributed by atoms with Gasteiger partial charge in [-0.2, -0.15) is 10.2 Å². The highest BCUT2D eigenvalue weighted by atomic mass is 16.1. The Bertz CT molecular complexity index is 1690. The topological polar surface area (TPSA) is 140 Å². The van der Waals surface area contributed by atoms with E-state index in [-0.39, 0.29) is 22.9 Å². The molecule has 0 atom stereocenters. The second-order valence-electron chi connectivity index (χ2n) is 8.70. The van der Waals surface area contributed by atoms with Gasteiger partial charge >= 0.3 is 0 Å². The van der Waals surface area contributed by atoms with Gasteiger partial charge in [0.1, 0.15) is 17.5 Å². The molecule has 3 aromatic heterocycles. The summed E-state index contributed by atoms with van der Waals surface area (Å²) in [6, 6.07) is 21.9. The van der Waals surface area contributed by atoms with E-state index < -0.39 is 0 Å². The van der Waals surface area contributed by atoms with Gasteiger partial charge in [-0.3, -0.25) is 14.3 Å². The zero-order chi connectivity index (χ0) is 27.2. The van der Waals surface area contributed by atoms with E-state index in [9.17, 15) is 4.79 Å². The van der Waals surface area contributed by atoms with Crippen molar-refractivity contribution in [3.8, 4) is 22.9 Å². The lowest BCUT2D eigenvalue weighted by Crippen LogP contribution is -2.22. The van der Waals surface area contributed by atoms with Crippen LogP contribution in [-0.4, -0.2) is 33.6 Å². The maximum Gasteiger partial charge on any atom is 0.263 e. The number of fused-ring (bicyclic) bond motifs is 1. The molecule has 0 amide bonds. The summed E-state index contributed by atoms with van der Waals surface area (Å²) in [7, 11) is 3.97. The van der Waals surface area contributed by atoms with Crippen molar-refractivity contribution in [2.24, 2.45) is 0 Å². The number of para-hydroxylation sites is 1. The molecule has 3 heterocycles. The Balaban J connectivity index is 0.000000283. The number of benzene rings is 2. The van der Waals surface area contributed by atoms with Crippen LogP contribution in [0.15, 0.2) is 84.0 Å². The first-order chi connectivity index (χ1) is 18.3. The lowest BCUT2D eigenvalue weighted by Gasteiger charge is -2.16. The van der Waals surface area contributed by atoms with Crippen molar-refractivity contribution in [1.29, 1.82) is 5.26 Å². The number of hydrogen-bond acceptors (Lipinski definition) is 8. The van der Waals surface area contributed by atoms with E-state index in [0.29, 0.717) is 0 Å². The molecule has 38 heavy (non-hydrogen) atoms. The van der Waals surface area contributed by atoms with E-state index in [2.05, 4.69) is 34.0 Å². The molecule has 9 nitrogen and oxygen atoms in total. The minimum Gasteiger partial charge on any atom is -0.382 e. The fourth-order valence-electron chi connectivity index (χ4n) is 4.09. The minimum atomic E-state index is 0.00593. The van der Waals surface area contributed by atoms with Gasteiger partial charge in [-0.05, 0) is 41.6 Å². The second kappa shape index (κ2) is 11.2. The van der Waals surface area contributed by atoms with Crippen LogP contribution in [0.25, 0.3) is 27.6 Å². The molecule has 0 bridgehead atoms. The lowest BCUT2D eigenvalue weighted by atomic mass is 9.99. The largest absolute Gasteiger partial charge is 0.382 e. The molecular weight excluding hydrogens is 476 g/mol. The van der Waals surface area contributed by atoms with Gasteiger partial charge in [0, 0.05) is 37.2 Å². The van der Waals surface area contributed by atoms with Crippen molar-refractivity contribution >= 4 is 28.2 Å². The molecule has 190 valence electrons. The van der Waals surface area contributed by atoms with Crippen molar-refractivity contribution in [2.45, 2.75) is 13.3 Å². The number of nitriles is 1. The quantitative estimate of drug-likeness (QED) is 0.371. The van der Waals surface area contributed by atoms with Crippen LogP contribution in [0, 0.1) is 11.3 Å². The van der Waals surface area contributed by atoms with Gasteiger partial charge in [0.15, 0.2) is 0 Å².